The van der Waals surface area contributed by atoms with Gasteiger partial charge >= 0.3 is 146 Å². The van der Waals surface area contributed by atoms with Gasteiger partial charge in [0.1, 0.15) is 0 Å². The van der Waals surface area contributed by atoms with Crippen molar-refractivity contribution in [2.24, 2.45) is 0 Å². The van der Waals surface area contributed by atoms with E-state index in [9.17, 15) is 10.1 Å². The summed E-state index contributed by atoms with van der Waals surface area (Å²) >= 11 is -2.18. The van der Waals surface area contributed by atoms with Gasteiger partial charge < -0.3 is 0 Å². The standard InChI is InChI=1S/C7H6NO2.3C4H9.Sn/c1-6-2-4-7(5-3-6)8(9)10;3*1-3-4-2;/h2-5H,1H2;3*1,3-4H2,2H3;. The Morgan fingerprint density at radius 3 is 1.65 bits per heavy atom. The predicted octanol–water partition coefficient (Wildman–Crippen LogP) is 6.53. The first-order valence-corrected chi connectivity index (χ1v) is 17.4. The van der Waals surface area contributed by atoms with Crippen molar-refractivity contribution in [2.75, 3.05) is 0 Å². The van der Waals surface area contributed by atoms with Crippen LogP contribution in [0.2, 0.25) is 13.3 Å². The summed E-state index contributed by atoms with van der Waals surface area (Å²) < 4.78 is 5.74. The van der Waals surface area contributed by atoms with Gasteiger partial charge in [0.25, 0.3) is 0 Å². The van der Waals surface area contributed by atoms with Gasteiger partial charge in [0.2, 0.25) is 0 Å². The van der Waals surface area contributed by atoms with E-state index < -0.39 is 18.4 Å². The number of hydrogen-bond donors (Lipinski definition) is 0. The van der Waals surface area contributed by atoms with Gasteiger partial charge in [-0.1, -0.05) is 0 Å². The maximum absolute atomic E-state index is 10.8. The molecule has 0 bridgehead atoms. The Kier molecular flexibility index (Phi) is 9.84. The van der Waals surface area contributed by atoms with E-state index in [4.69, 9.17) is 0 Å². The first-order valence-electron chi connectivity index (χ1n) is 9.30. The molecule has 0 heterocycles. The second kappa shape index (κ2) is 11.1. The molecule has 0 spiro atoms. The summed E-state index contributed by atoms with van der Waals surface area (Å²) in [5.74, 6) is 0. The molecule has 23 heavy (non-hydrogen) atoms. The van der Waals surface area contributed by atoms with Crippen LogP contribution in [0.15, 0.2) is 24.3 Å². The molecule has 0 atom stereocenters. The van der Waals surface area contributed by atoms with Crippen LogP contribution in [0, 0.1) is 10.1 Å². The van der Waals surface area contributed by atoms with Crippen molar-refractivity contribution in [1.82, 2.24) is 0 Å². The Morgan fingerprint density at radius 1 is 0.870 bits per heavy atom. The Bertz CT molecular complexity index is 437. The molecule has 1 aromatic rings. The number of nitro groups is 1. The summed E-state index contributed by atoms with van der Waals surface area (Å²) in [6.45, 7) is 6.88. The zero-order valence-corrected chi connectivity index (χ0v) is 18.0. The van der Waals surface area contributed by atoms with Gasteiger partial charge in [-0.25, -0.2) is 0 Å². The van der Waals surface area contributed by atoms with Crippen LogP contribution in [-0.2, 0) is 4.44 Å². The van der Waals surface area contributed by atoms with Crippen molar-refractivity contribution >= 4 is 24.1 Å². The fourth-order valence-electron chi connectivity index (χ4n) is 3.46. The van der Waals surface area contributed by atoms with Gasteiger partial charge in [0, 0.05) is 0 Å². The van der Waals surface area contributed by atoms with E-state index in [0.717, 1.165) is 0 Å². The van der Waals surface area contributed by atoms with Gasteiger partial charge in [0.05, 0.1) is 0 Å². The third kappa shape index (κ3) is 7.23. The molecule has 0 radical (unpaired) electrons. The molecular formula is C19H33NO2Sn. The van der Waals surface area contributed by atoms with Crippen molar-refractivity contribution < 1.29 is 4.92 Å². The van der Waals surface area contributed by atoms with Gasteiger partial charge in [-0.05, 0) is 0 Å². The Balaban J connectivity index is 2.92. The Hall–Kier alpha value is -0.581. The number of unbranched alkanes of at least 4 members (excludes halogenated alkanes) is 3. The molecule has 0 amide bonds. The first kappa shape index (κ1) is 20.5. The van der Waals surface area contributed by atoms with Gasteiger partial charge in [-0.3, -0.25) is 0 Å². The van der Waals surface area contributed by atoms with Crippen LogP contribution in [0.3, 0.4) is 0 Å². The van der Waals surface area contributed by atoms with E-state index in [1.807, 2.05) is 12.1 Å². The third-order valence-electron chi connectivity index (χ3n) is 4.91. The quantitative estimate of drug-likeness (QED) is 0.217. The van der Waals surface area contributed by atoms with Gasteiger partial charge in [-0.2, -0.15) is 0 Å². The van der Waals surface area contributed by atoms with E-state index in [1.54, 1.807) is 12.1 Å². The zero-order chi connectivity index (χ0) is 17.1. The predicted molar refractivity (Wildman–Crippen MR) is 102 cm³/mol. The van der Waals surface area contributed by atoms with Crippen LogP contribution in [-0.4, -0.2) is 23.3 Å². The van der Waals surface area contributed by atoms with E-state index in [1.165, 1.54) is 61.8 Å². The van der Waals surface area contributed by atoms with Crippen molar-refractivity contribution in [2.45, 2.75) is 77.0 Å². The van der Waals surface area contributed by atoms with Crippen LogP contribution in [0.5, 0.6) is 0 Å². The number of rotatable bonds is 12. The SMILES string of the molecule is CCC[CH2][Sn]([CH2]CCC)([CH2]CCC)[CH2]c1ccc([N+](=O)[O-])cc1. The minimum atomic E-state index is -2.18. The molecule has 0 aromatic heterocycles. The average Bonchev–Trinajstić information content (AvgIpc) is 2.56. The molecule has 0 saturated carbocycles. The molecule has 1 rings (SSSR count). The summed E-state index contributed by atoms with van der Waals surface area (Å²) in [7, 11) is 0. The number of hydrogen-bond acceptors (Lipinski definition) is 2. The normalized spacial score (nSPS) is 11.6. The minimum absolute atomic E-state index is 0.213. The third-order valence-corrected chi connectivity index (χ3v) is 20.3. The van der Waals surface area contributed by atoms with Crippen molar-refractivity contribution in [3.8, 4) is 0 Å². The number of benzene rings is 1. The fourth-order valence-corrected chi connectivity index (χ4v) is 19.7. The summed E-state index contributed by atoms with van der Waals surface area (Å²) in [6, 6.07) is 7.39. The zero-order valence-electron chi connectivity index (χ0n) is 15.1. The molecule has 0 N–H and O–H groups in total. The molecule has 130 valence electrons. The summed E-state index contributed by atoms with van der Waals surface area (Å²) in [6.07, 6.45) is 7.98. The summed E-state index contributed by atoms with van der Waals surface area (Å²) in [5.41, 5.74) is 1.56. The summed E-state index contributed by atoms with van der Waals surface area (Å²) in [4.78, 5) is 10.5. The van der Waals surface area contributed by atoms with E-state index in [2.05, 4.69) is 20.8 Å². The molecule has 0 aliphatic heterocycles. The molecule has 0 aliphatic rings. The van der Waals surface area contributed by atoms with Crippen LogP contribution in [0.4, 0.5) is 5.69 Å². The maximum atomic E-state index is 10.8. The van der Waals surface area contributed by atoms with Crippen molar-refractivity contribution in [1.29, 1.82) is 0 Å². The molecule has 1 aromatic carbocycles. The first-order chi connectivity index (χ1) is 11.1. The molecule has 0 saturated heterocycles. The molecule has 3 nitrogen and oxygen atoms in total. The molecular weight excluding hydrogens is 393 g/mol. The molecule has 0 fully saturated rings. The fraction of sp³-hybridized carbons (Fsp3) is 0.684. The van der Waals surface area contributed by atoms with Gasteiger partial charge in [-0.15, -0.1) is 0 Å². The molecule has 0 unspecified atom stereocenters. The van der Waals surface area contributed by atoms with E-state index >= 15 is 0 Å². The van der Waals surface area contributed by atoms with Crippen molar-refractivity contribution in [3.05, 3.63) is 39.9 Å². The topological polar surface area (TPSA) is 43.1 Å². The van der Waals surface area contributed by atoms with E-state index in [0.29, 0.717) is 0 Å². The van der Waals surface area contributed by atoms with Crippen LogP contribution in [0.25, 0.3) is 0 Å². The second-order valence-electron chi connectivity index (χ2n) is 6.91. The Labute approximate surface area is 145 Å². The second-order valence-corrected chi connectivity index (χ2v) is 20.8. The number of nitro benzene ring substituents is 1. The number of nitrogens with zero attached hydrogens (tertiary/aromatic N) is 1. The monoisotopic (exact) mass is 427 g/mol. The molecule has 4 heteroatoms. The Morgan fingerprint density at radius 2 is 1.30 bits per heavy atom. The summed E-state index contributed by atoms with van der Waals surface area (Å²) in [5, 5.41) is 10.8. The van der Waals surface area contributed by atoms with E-state index in [-0.39, 0.29) is 10.6 Å². The van der Waals surface area contributed by atoms with Crippen LogP contribution < -0.4 is 0 Å². The van der Waals surface area contributed by atoms with Crippen LogP contribution >= 0.6 is 0 Å². The van der Waals surface area contributed by atoms with Crippen molar-refractivity contribution in [3.63, 3.8) is 0 Å². The molecule has 0 aliphatic carbocycles. The van der Waals surface area contributed by atoms with Gasteiger partial charge in [0.15, 0.2) is 0 Å². The average molecular weight is 426 g/mol. The number of non-ortho nitro benzene ring substituents is 1. The van der Waals surface area contributed by atoms with Crippen LogP contribution in [0.1, 0.15) is 64.9 Å².